The molecule has 0 aromatic heterocycles. The number of nitrogens with one attached hydrogen (secondary N) is 1. The fourth-order valence-corrected chi connectivity index (χ4v) is 6.29. The van der Waals surface area contributed by atoms with Crippen LogP contribution in [0.4, 0.5) is 5.69 Å². The number of carbonyl (C=O) groups is 3. The van der Waals surface area contributed by atoms with Crippen LogP contribution in [-0.2, 0) is 25.7 Å². The molecular weight excluding hydrogens is 573 g/mol. The zero-order chi connectivity index (χ0) is 26.9. The lowest BCUT2D eigenvalue weighted by Gasteiger charge is -2.33. The maximum Gasteiger partial charge on any atom is 0.323 e. The summed E-state index contributed by atoms with van der Waals surface area (Å²) in [6.07, 6.45) is 3.58. The number of carbonyl (C=O) groups excluding carboxylic acids is 2. The van der Waals surface area contributed by atoms with Gasteiger partial charge in [0.15, 0.2) is 0 Å². The molecule has 220 valence electrons. The number of carboxylic acids is 1. The number of piperidine rings is 1. The number of thioether (sulfide) groups is 1. The third-order valence-corrected chi connectivity index (χ3v) is 8.37. The highest BCUT2D eigenvalue weighted by molar-refractivity contribution is 7.99. The summed E-state index contributed by atoms with van der Waals surface area (Å²) >= 11 is 1.49. The van der Waals surface area contributed by atoms with Gasteiger partial charge in [-0.3, -0.25) is 29.5 Å². The molecule has 1 amide bonds. The van der Waals surface area contributed by atoms with Gasteiger partial charge in [-0.2, -0.15) is 0 Å². The second-order valence-electron chi connectivity index (χ2n) is 9.90. The lowest BCUT2D eigenvalue weighted by atomic mass is 9.90. The Morgan fingerprint density at radius 3 is 2.42 bits per heavy atom. The van der Waals surface area contributed by atoms with Crippen LogP contribution < -0.4 is 10.2 Å². The summed E-state index contributed by atoms with van der Waals surface area (Å²) in [6.45, 7) is 4.61. The Hall–Kier alpha value is -2.30. The van der Waals surface area contributed by atoms with E-state index in [2.05, 4.69) is 34.5 Å². The highest BCUT2D eigenvalue weighted by Gasteiger charge is 2.35. The van der Waals surface area contributed by atoms with Crippen molar-refractivity contribution in [1.82, 2.24) is 10.2 Å². The molecule has 40 heavy (non-hydrogen) atoms. The van der Waals surface area contributed by atoms with Crippen LogP contribution in [0.25, 0.3) is 0 Å². The minimum atomic E-state index is -1.08. The zero-order valence-electron chi connectivity index (χ0n) is 22.7. The summed E-state index contributed by atoms with van der Waals surface area (Å²) in [5, 5.41) is 12.7. The van der Waals surface area contributed by atoms with E-state index in [0.717, 1.165) is 43.8 Å². The molecule has 0 bridgehead atoms. The van der Waals surface area contributed by atoms with Crippen LogP contribution in [0, 0.1) is 5.92 Å². The van der Waals surface area contributed by atoms with Crippen LogP contribution in [0.3, 0.4) is 0 Å². The van der Waals surface area contributed by atoms with Crippen LogP contribution in [0.2, 0.25) is 0 Å². The number of fused-ring (bicyclic) bond motifs is 1. The summed E-state index contributed by atoms with van der Waals surface area (Å²) in [4.78, 5) is 42.6. The van der Waals surface area contributed by atoms with Gasteiger partial charge in [0.1, 0.15) is 12.6 Å². The number of halogens is 2. The van der Waals surface area contributed by atoms with Gasteiger partial charge in [0.05, 0.1) is 18.3 Å². The van der Waals surface area contributed by atoms with Crippen molar-refractivity contribution < 1.29 is 24.2 Å². The number of para-hydroxylation sites is 1. The molecule has 11 heteroatoms. The van der Waals surface area contributed by atoms with Gasteiger partial charge in [-0.1, -0.05) is 42.5 Å². The van der Waals surface area contributed by atoms with E-state index in [4.69, 9.17) is 4.74 Å². The summed E-state index contributed by atoms with van der Waals surface area (Å²) < 4.78 is 5.35. The van der Waals surface area contributed by atoms with Crippen LogP contribution >= 0.6 is 36.6 Å². The van der Waals surface area contributed by atoms with E-state index in [9.17, 15) is 19.5 Å². The molecule has 2 N–H and O–H groups in total. The third-order valence-electron chi connectivity index (χ3n) is 7.21. The van der Waals surface area contributed by atoms with Crippen molar-refractivity contribution in [3.63, 3.8) is 0 Å². The second-order valence-corrected chi connectivity index (χ2v) is 11.0. The number of amides is 1. The average Bonchev–Trinajstić information content (AvgIpc) is 3.04. The van der Waals surface area contributed by atoms with Gasteiger partial charge in [0, 0.05) is 17.2 Å². The maximum atomic E-state index is 13.5. The lowest BCUT2D eigenvalue weighted by Crippen LogP contribution is -2.54. The van der Waals surface area contributed by atoms with Crippen molar-refractivity contribution in [2.24, 2.45) is 5.92 Å². The Morgan fingerprint density at radius 1 is 1.07 bits per heavy atom. The van der Waals surface area contributed by atoms with Gasteiger partial charge < -0.3 is 9.84 Å². The molecule has 2 heterocycles. The van der Waals surface area contributed by atoms with E-state index < -0.39 is 24.6 Å². The molecule has 1 fully saturated rings. The number of hydrogen-bond donors (Lipinski definition) is 2. The third kappa shape index (κ3) is 9.38. The molecule has 2 aliphatic heterocycles. The molecule has 0 saturated carbocycles. The molecule has 8 nitrogen and oxygen atoms in total. The Labute approximate surface area is 253 Å². The molecular formula is C29H39Cl2N3O5S. The number of aliphatic carboxylic acids is 1. The average molecular weight is 613 g/mol. The summed E-state index contributed by atoms with van der Waals surface area (Å²) in [7, 11) is 0. The van der Waals surface area contributed by atoms with Crippen LogP contribution in [0.1, 0.15) is 38.2 Å². The zero-order valence-corrected chi connectivity index (χ0v) is 25.1. The number of nitrogens with zero attached hydrogens (tertiary/aromatic N) is 2. The van der Waals surface area contributed by atoms with Crippen LogP contribution in [-0.4, -0.2) is 71.9 Å². The number of anilines is 1. The first-order valence-electron chi connectivity index (χ1n) is 13.4. The molecule has 2 aliphatic rings. The first kappa shape index (κ1) is 33.9. The predicted molar refractivity (Wildman–Crippen MR) is 163 cm³/mol. The molecule has 2 aromatic carbocycles. The van der Waals surface area contributed by atoms with E-state index in [1.807, 2.05) is 18.2 Å². The number of hydrogen-bond acceptors (Lipinski definition) is 7. The van der Waals surface area contributed by atoms with E-state index in [-0.39, 0.29) is 43.3 Å². The molecule has 0 radical (unpaired) electrons. The van der Waals surface area contributed by atoms with Crippen LogP contribution in [0.5, 0.6) is 0 Å². The highest BCUT2D eigenvalue weighted by atomic mass is 35.5. The molecule has 1 saturated heterocycles. The SMILES string of the molecule is CCOC(=O)[C@@H](CCC1CCN(Cc2ccccc2)CC1)NC1CSc2ccccc2N(CC(=O)O)C1=O.Cl.Cl. The summed E-state index contributed by atoms with van der Waals surface area (Å²) in [6, 6.07) is 16.5. The number of esters is 1. The van der Waals surface area contributed by atoms with Crippen molar-refractivity contribution in [2.45, 2.75) is 56.1 Å². The van der Waals surface area contributed by atoms with Crippen molar-refractivity contribution in [2.75, 3.05) is 36.9 Å². The first-order valence-corrected chi connectivity index (χ1v) is 14.4. The fourth-order valence-electron chi connectivity index (χ4n) is 5.20. The van der Waals surface area contributed by atoms with Crippen molar-refractivity contribution >= 4 is 60.1 Å². The summed E-state index contributed by atoms with van der Waals surface area (Å²) in [5.74, 6) is -0.876. The van der Waals surface area contributed by atoms with Gasteiger partial charge in [0.2, 0.25) is 5.91 Å². The van der Waals surface area contributed by atoms with Gasteiger partial charge in [0.25, 0.3) is 0 Å². The quantitative estimate of drug-likeness (QED) is 0.355. The lowest BCUT2D eigenvalue weighted by molar-refractivity contribution is -0.146. The summed E-state index contributed by atoms with van der Waals surface area (Å²) in [5.41, 5.74) is 1.91. The minimum Gasteiger partial charge on any atom is -0.480 e. The van der Waals surface area contributed by atoms with E-state index >= 15 is 0 Å². The normalized spacial score (nSPS) is 18.5. The van der Waals surface area contributed by atoms with E-state index in [1.165, 1.54) is 22.2 Å². The Kier molecular flexibility index (Phi) is 14.3. The van der Waals surface area contributed by atoms with Crippen molar-refractivity contribution in [3.8, 4) is 0 Å². The van der Waals surface area contributed by atoms with Gasteiger partial charge in [-0.25, -0.2) is 0 Å². The van der Waals surface area contributed by atoms with Gasteiger partial charge >= 0.3 is 11.9 Å². The molecule has 1 unspecified atom stereocenters. The number of likely N-dealkylation sites (tertiary alicyclic amines) is 1. The molecule has 0 aliphatic carbocycles. The van der Waals surface area contributed by atoms with E-state index in [0.29, 0.717) is 23.8 Å². The number of carboxylic acid groups (broad SMARTS) is 1. The first-order chi connectivity index (χ1) is 18.4. The Morgan fingerprint density at radius 2 is 1.75 bits per heavy atom. The molecule has 4 rings (SSSR count). The van der Waals surface area contributed by atoms with E-state index in [1.54, 1.807) is 19.1 Å². The number of ether oxygens (including phenoxy) is 1. The molecule has 2 aromatic rings. The Bertz CT molecular complexity index is 1100. The Balaban J connectivity index is 0.00000280. The number of rotatable bonds is 11. The highest BCUT2D eigenvalue weighted by Crippen LogP contribution is 2.34. The second kappa shape index (κ2) is 16.8. The van der Waals surface area contributed by atoms with Crippen LogP contribution in [0.15, 0.2) is 59.5 Å². The number of benzene rings is 2. The van der Waals surface area contributed by atoms with Crippen molar-refractivity contribution in [1.29, 1.82) is 0 Å². The largest absolute Gasteiger partial charge is 0.480 e. The monoisotopic (exact) mass is 611 g/mol. The maximum absolute atomic E-state index is 13.5. The standard InChI is InChI=1S/C29H37N3O5S.2ClH/c1-2-37-29(36)23(13-12-21-14-16-31(17-15-21)18-22-8-4-3-5-9-22)30-24-20-38-26-11-7-6-10-25(26)32(28(24)35)19-27(33)34;;/h3-11,21,23-24,30H,2,12-20H2,1H3,(H,33,34);2*1H/t23-,24?;;/m1../s1. The van der Waals surface area contributed by atoms with Crippen molar-refractivity contribution in [3.05, 3.63) is 60.2 Å². The van der Waals surface area contributed by atoms with Gasteiger partial charge in [-0.05, 0) is 69.3 Å². The fraction of sp³-hybridized carbons (Fsp3) is 0.483. The minimum absolute atomic E-state index is 0. The smallest absolute Gasteiger partial charge is 0.323 e. The predicted octanol–water partition coefficient (Wildman–Crippen LogP) is 4.64. The molecule has 0 spiro atoms. The van der Waals surface area contributed by atoms with Gasteiger partial charge in [-0.15, -0.1) is 36.6 Å². The molecule has 2 atom stereocenters. The topological polar surface area (TPSA) is 99.2 Å².